The molecule has 0 amide bonds. The van der Waals surface area contributed by atoms with Gasteiger partial charge in [-0.3, -0.25) is 9.88 Å². The summed E-state index contributed by atoms with van der Waals surface area (Å²) in [7, 11) is 0. The van der Waals surface area contributed by atoms with Crippen LogP contribution in [0.4, 0.5) is 0 Å². The third-order valence-electron chi connectivity index (χ3n) is 5.93. The van der Waals surface area contributed by atoms with E-state index in [4.69, 9.17) is 0 Å². The van der Waals surface area contributed by atoms with Crippen molar-refractivity contribution in [3.8, 4) is 16.9 Å². The first kappa shape index (κ1) is 17.5. The van der Waals surface area contributed by atoms with Gasteiger partial charge < -0.3 is 10.0 Å². The van der Waals surface area contributed by atoms with E-state index in [-0.39, 0.29) is 0 Å². The second-order valence-corrected chi connectivity index (χ2v) is 7.69. The highest BCUT2D eigenvalue weighted by Gasteiger charge is 2.25. The minimum absolute atomic E-state index is 0.399. The van der Waals surface area contributed by atoms with Crippen LogP contribution in [0.2, 0.25) is 0 Å². The topological polar surface area (TPSA) is 39.6 Å². The van der Waals surface area contributed by atoms with Gasteiger partial charge >= 0.3 is 0 Å². The molecule has 2 fully saturated rings. The van der Waals surface area contributed by atoms with Crippen molar-refractivity contribution in [2.45, 2.75) is 44.7 Å². The molecule has 2 aromatic rings. The van der Waals surface area contributed by atoms with Crippen LogP contribution < -0.4 is 0 Å². The molecule has 0 spiro atoms. The maximum Gasteiger partial charge on any atom is 0.120 e. The second kappa shape index (κ2) is 8.19. The number of likely N-dealkylation sites (tertiary alicyclic amines) is 2. The third kappa shape index (κ3) is 4.08. The summed E-state index contributed by atoms with van der Waals surface area (Å²) in [6.45, 7) is 5.65. The zero-order valence-corrected chi connectivity index (χ0v) is 15.5. The molecule has 3 heterocycles. The minimum Gasteiger partial charge on any atom is -0.508 e. The first-order valence-corrected chi connectivity index (χ1v) is 9.98. The Bertz CT molecular complexity index is 705. The fourth-order valence-corrected chi connectivity index (χ4v) is 4.39. The maximum atomic E-state index is 10.3. The van der Waals surface area contributed by atoms with E-state index in [1.807, 2.05) is 24.4 Å². The average molecular weight is 351 g/mol. The number of nitrogens with zero attached hydrogens (tertiary/aromatic N) is 3. The number of benzene rings is 1. The van der Waals surface area contributed by atoms with Crippen molar-refractivity contribution in [1.29, 1.82) is 0 Å². The van der Waals surface area contributed by atoms with Crippen LogP contribution in [0.5, 0.6) is 5.75 Å². The molecule has 4 rings (SSSR count). The van der Waals surface area contributed by atoms with Gasteiger partial charge in [0.15, 0.2) is 0 Å². The Morgan fingerprint density at radius 1 is 0.962 bits per heavy atom. The molecular formula is C22H29N3O. The number of phenols is 1. The molecule has 1 aromatic carbocycles. The molecule has 0 radical (unpaired) electrons. The van der Waals surface area contributed by atoms with Gasteiger partial charge in [-0.15, -0.1) is 0 Å². The predicted octanol–water partition coefficient (Wildman–Crippen LogP) is 3.90. The van der Waals surface area contributed by atoms with Crippen molar-refractivity contribution >= 4 is 0 Å². The molecule has 1 aromatic heterocycles. The molecule has 2 saturated heterocycles. The zero-order chi connectivity index (χ0) is 17.8. The van der Waals surface area contributed by atoms with Gasteiger partial charge in [-0.05, 0) is 75.6 Å². The molecular weight excluding hydrogens is 322 g/mol. The summed E-state index contributed by atoms with van der Waals surface area (Å²) in [4.78, 5) is 9.40. The highest BCUT2D eigenvalue weighted by atomic mass is 16.3. The lowest BCUT2D eigenvalue weighted by molar-refractivity contribution is 0.0893. The van der Waals surface area contributed by atoms with Crippen LogP contribution in [0.25, 0.3) is 11.1 Å². The molecule has 0 bridgehead atoms. The van der Waals surface area contributed by atoms with E-state index in [9.17, 15) is 5.11 Å². The Hall–Kier alpha value is -1.91. The molecule has 26 heavy (non-hydrogen) atoms. The molecule has 0 atom stereocenters. The molecule has 0 aliphatic carbocycles. The Morgan fingerprint density at radius 3 is 2.50 bits per heavy atom. The summed E-state index contributed by atoms with van der Waals surface area (Å²) in [5.41, 5.74) is 3.23. The van der Waals surface area contributed by atoms with Gasteiger partial charge in [-0.25, -0.2) is 0 Å². The number of phenolic OH excluding ortho intramolecular Hbond substituents is 1. The van der Waals surface area contributed by atoms with Gasteiger partial charge in [0.2, 0.25) is 0 Å². The lowest BCUT2D eigenvalue weighted by Crippen LogP contribution is -2.46. The maximum absolute atomic E-state index is 10.3. The summed E-state index contributed by atoms with van der Waals surface area (Å²) in [6, 6.07) is 10.7. The van der Waals surface area contributed by atoms with Crippen molar-refractivity contribution in [3.63, 3.8) is 0 Å². The summed E-state index contributed by atoms with van der Waals surface area (Å²) >= 11 is 0. The first-order chi connectivity index (χ1) is 12.8. The molecule has 1 N–H and O–H groups in total. The molecule has 2 aliphatic rings. The van der Waals surface area contributed by atoms with E-state index in [0.29, 0.717) is 5.75 Å². The van der Waals surface area contributed by atoms with Crippen LogP contribution in [0.15, 0.2) is 42.7 Å². The zero-order valence-electron chi connectivity index (χ0n) is 15.5. The van der Waals surface area contributed by atoms with Gasteiger partial charge in [0.25, 0.3) is 0 Å². The summed E-state index contributed by atoms with van der Waals surface area (Å²) in [6.07, 6.45) is 10.3. The van der Waals surface area contributed by atoms with Crippen LogP contribution in [0.1, 0.15) is 37.7 Å². The van der Waals surface area contributed by atoms with Crippen molar-refractivity contribution < 1.29 is 5.11 Å². The Labute approximate surface area is 156 Å². The second-order valence-electron chi connectivity index (χ2n) is 7.69. The third-order valence-corrected chi connectivity index (χ3v) is 5.93. The van der Waals surface area contributed by atoms with Crippen LogP contribution in [-0.2, 0) is 6.54 Å². The van der Waals surface area contributed by atoms with E-state index in [1.165, 1.54) is 45.2 Å². The highest BCUT2D eigenvalue weighted by molar-refractivity contribution is 5.64. The molecule has 138 valence electrons. The lowest BCUT2D eigenvalue weighted by Gasteiger charge is -2.40. The van der Waals surface area contributed by atoms with Crippen molar-refractivity contribution in [1.82, 2.24) is 14.8 Å². The van der Waals surface area contributed by atoms with E-state index in [0.717, 1.165) is 42.4 Å². The van der Waals surface area contributed by atoms with Crippen LogP contribution in [-0.4, -0.2) is 52.1 Å². The average Bonchev–Trinajstić information content (AvgIpc) is 2.71. The number of aromatic hydroxyl groups is 1. The van der Waals surface area contributed by atoms with Crippen molar-refractivity contribution in [2.24, 2.45) is 0 Å². The van der Waals surface area contributed by atoms with Gasteiger partial charge in [0, 0.05) is 36.1 Å². The van der Waals surface area contributed by atoms with Gasteiger partial charge in [0.1, 0.15) is 5.75 Å². The fourth-order valence-electron chi connectivity index (χ4n) is 4.39. The predicted molar refractivity (Wildman–Crippen MR) is 105 cm³/mol. The molecule has 0 saturated carbocycles. The summed E-state index contributed by atoms with van der Waals surface area (Å²) < 4.78 is 0. The van der Waals surface area contributed by atoms with Crippen LogP contribution >= 0.6 is 0 Å². The normalized spacial score (nSPS) is 20.3. The van der Waals surface area contributed by atoms with Crippen molar-refractivity contribution in [3.05, 3.63) is 48.3 Å². The Morgan fingerprint density at radius 2 is 1.77 bits per heavy atom. The van der Waals surface area contributed by atoms with E-state index in [2.05, 4.69) is 26.9 Å². The van der Waals surface area contributed by atoms with Gasteiger partial charge in [0.05, 0.1) is 0 Å². The van der Waals surface area contributed by atoms with E-state index in [1.54, 1.807) is 6.20 Å². The standard InChI is InChI=1S/C22H29N3O/c26-22-7-6-18(19-5-4-10-23-16-19)15-20(22)17-24-13-8-21(9-14-24)25-11-2-1-3-12-25/h4-7,10,15-16,21,26H,1-3,8-9,11-14,17H2. The van der Waals surface area contributed by atoms with Crippen LogP contribution in [0.3, 0.4) is 0 Å². The number of rotatable bonds is 4. The number of hydrogen-bond donors (Lipinski definition) is 1. The SMILES string of the molecule is Oc1ccc(-c2cccnc2)cc1CN1CCC(N2CCCCC2)CC1. The number of aromatic nitrogens is 1. The number of hydrogen-bond acceptors (Lipinski definition) is 4. The largest absolute Gasteiger partial charge is 0.508 e. The minimum atomic E-state index is 0.399. The Kier molecular flexibility index (Phi) is 5.51. The Balaban J connectivity index is 1.39. The van der Waals surface area contributed by atoms with E-state index >= 15 is 0 Å². The molecule has 0 unspecified atom stereocenters. The molecule has 2 aliphatic heterocycles. The quantitative estimate of drug-likeness (QED) is 0.907. The van der Waals surface area contributed by atoms with Crippen molar-refractivity contribution in [2.75, 3.05) is 26.2 Å². The number of piperidine rings is 2. The van der Waals surface area contributed by atoms with Gasteiger partial charge in [-0.2, -0.15) is 0 Å². The van der Waals surface area contributed by atoms with Crippen LogP contribution in [0, 0.1) is 0 Å². The number of pyridine rings is 1. The first-order valence-electron chi connectivity index (χ1n) is 9.98. The fraction of sp³-hybridized carbons (Fsp3) is 0.500. The summed E-state index contributed by atoms with van der Waals surface area (Å²) in [5.74, 6) is 0.399. The highest BCUT2D eigenvalue weighted by Crippen LogP contribution is 2.28. The molecule has 4 heteroatoms. The summed E-state index contributed by atoms with van der Waals surface area (Å²) in [5, 5.41) is 10.3. The lowest BCUT2D eigenvalue weighted by atomic mass is 9.99. The van der Waals surface area contributed by atoms with E-state index < -0.39 is 0 Å². The molecule has 4 nitrogen and oxygen atoms in total. The van der Waals surface area contributed by atoms with Gasteiger partial charge in [-0.1, -0.05) is 18.6 Å². The smallest absolute Gasteiger partial charge is 0.120 e. The monoisotopic (exact) mass is 351 g/mol.